The molecule has 0 aliphatic carbocycles. The molecule has 1 aromatic rings. The summed E-state index contributed by atoms with van der Waals surface area (Å²) in [5.41, 5.74) is 2.78. The van der Waals surface area contributed by atoms with Crippen LogP contribution in [0.2, 0.25) is 0 Å². The van der Waals surface area contributed by atoms with E-state index in [0.29, 0.717) is 6.61 Å². The van der Waals surface area contributed by atoms with E-state index in [-0.39, 0.29) is 5.75 Å². The molecule has 0 spiro atoms. The van der Waals surface area contributed by atoms with Crippen LogP contribution in [0.15, 0.2) is 12.1 Å². The zero-order chi connectivity index (χ0) is 11.1. The van der Waals surface area contributed by atoms with Crippen LogP contribution in [0.4, 0.5) is 0 Å². The van der Waals surface area contributed by atoms with Gasteiger partial charge in [-0.15, -0.1) is 0 Å². The van der Waals surface area contributed by atoms with Gasteiger partial charge in [0.15, 0.2) is 0 Å². The van der Waals surface area contributed by atoms with E-state index in [1.807, 2.05) is 19.1 Å². The van der Waals surface area contributed by atoms with Gasteiger partial charge in [0.05, 0.1) is 12.4 Å². The Balaban J connectivity index is 2.40. The molecule has 0 amide bonds. The van der Waals surface area contributed by atoms with Gasteiger partial charge in [0.25, 0.3) is 0 Å². The first-order valence-electron chi connectivity index (χ1n) is 4.63. The van der Waals surface area contributed by atoms with Crippen molar-refractivity contribution in [1.82, 2.24) is 0 Å². The van der Waals surface area contributed by atoms with Crippen molar-refractivity contribution in [2.24, 2.45) is 0 Å². The van der Waals surface area contributed by atoms with E-state index in [9.17, 15) is 8.42 Å². The molecule has 0 bridgehead atoms. The average molecular weight is 247 g/mol. The lowest BCUT2D eigenvalue weighted by atomic mass is 10.1. The van der Waals surface area contributed by atoms with Crippen molar-refractivity contribution < 1.29 is 13.2 Å². The standard InChI is InChI=1S/C10H11ClO3S/c1-7-4-8(6-15(11,12)13)5-9-2-3-14-10(7)9/h4-5H,2-3,6H2,1H3. The Hall–Kier alpha value is -0.740. The maximum Gasteiger partial charge on any atom is 0.236 e. The van der Waals surface area contributed by atoms with Crippen LogP contribution in [0, 0.1) is 6.92 Å². The molecule has 0 saturated carbocycles. The Morgan fingerprint density at radius 3 is 2.87 bits per heavy atom. The van der Waals surface area contributed by atoms with Gasteiger partial charge in [0, 0.05) is 17.1 Å². The minimum Gasteiger partial charge on any atom is -0.493 e. The molecule has 0 aromatic heterocycles. The van der Waals surface area contributed by atoms with Gasteiger partial charge in [0.2, 0.25) is 9.05 Å². The molecule has 1 heterocycles. The van der Waals surface area contributed by atoms with Gasteiger partial charge in [-0.3, -0.25) is 0 Å². The number of halogens is 1. The number of hydrogen-bond acceptors (Lipinski definition) is 3. The third kappa shape index (κ3) is 2.44. The zero-order valence-electron chi connectivity index (χ0n) is 8.29. The summed E-state index contributed by atoms with van der Waals surface area (Å²) in [7, 11) is 1.73. The van der Waals surface area contributed by atoms with Crippen molar-refractivity contribution in [3.05, 3.63) is 28.8 Å². The Bertz CT molecular complexity index is 494. The maximum atomic E-state index is 10.9. The summed E-state index contributed by atoms with van der Waals surface area (Å²) < 4.78 is 27.3. The molecule has 1 aromatic carbocycles. The van der Waals surface area contributed by atoms with Crippen molar-refractivity contribution >= 4 is 19.7 Å². The van der Waals surface area contributed by atoms with E-state index in [2.05, 4.69) is 0 Å². The lowest BCUT2D eigenvalue weighted by Gasteiger charge is -2.06. The number of benzene rings is 1. The number of fused-ring (bicyclic) bond motifs is 1. The molecule has 0 fully saturated rings. The molecule has 3 nitrogen and oxygen atoms in total. The Kier molecular flexibility index (Phi) is 2.64. The van der Waals surface area contributed by atoms with Crippen molar-refractivity contribution in [2.75, 3.05) is 6.61 Å². The third-order valence-corrected chi connectivity index (χ3v) is 3.37. The number of rotatable bonds is 2. The van der Waals surface area contributed by atoms with Crippen LogP contribution < -0.4 is 4.74 Å². The molecule has 1 aliphatic rings. The largest absolute Gasteiger partial charge is 0.493 e. The highest BCUT2D eigenvalue weighted by Gasteiger charge is 2.17. The van der Waals surface area contributed by atoms with Crippen LogP contribution in [-0.4, -0.2) is 15.0 Å². The van der Waals surface area contributed by atoms with E-state index < -0.39 is 9.05 Å². The molecule has 0 atom stereocenters. The van der Waals surface area contributed by atoms with Gasteiger partial charge in [-0.1, -0.05) is 12.1 Å². The fraction of sp³-hybridized carbons (Fsp3) is 0.400. The first-order chi connectivity index (χ1) is 6.96. The fourth-order valence-corrected chi connectivity index (χ4v) is 2.81. The zero-order valence-corrected chi connectivity index (χ0v) is 9.86. The predicted molar refractivity (Wildman–Crippen MR) is 58.9 cm³/mol. The lowest BCUT2D eigenvalue weighted by molar-refractivity contribution is 0.354. The molecular weight excluding hydrogens is 236 g/mol. The van der Waals surface area contributed by atoms with Crippen LogP contribution >= 0.6 is 10.7 Å². The highest BCUT2D eigenvalue weighted by Crippen LogP contribution is 2.31. The molecule has 0 radical (unpaired) electrons. The summed E-state index contributed by atoms with van der Waals surface area (Å²) in [5, 5.41) is 0. The smallest absolute Gasteiger partial charge is 0.236 e. The van der Waals surface area contributed by atoms with E-state index in [0.717, 1.165) is 28.9 Å². The molecule has 15 heavy (non-hydrogen) atoms. The Labute approximate surface area is 93.4 Å². The quantitative estimate of drug-likeness (QED) is 0.750. The summed E-state index contributed by atoms with van der Waals surface area (Å²) in [4.78, 5) is 0. The fourth-order valence-electron chi connectivity index (χ4n) is 1.87. The topological polar surface area (TPSA) is 43.4 Å². The van der Waals surface area contributed by atoms with Crippen LogP contribution in [0.3, 0.4) is 0 Å². The van der Waals surface area contributed by atoms with Crippen LogP contribution in [0.25, 0.3) is 0 Å². The second-order valence-corrected chi connectivity index (χ2v) is 6.46. The molecular formula is C10H11ClO3S. The van der Waals surface area contributed by atoms with Gasteiger partial charge in [-0.05, 0) is 23.6 Å². The van der Waals surface area contributed by atoms with Gasteiger partial charge in [-0.2, -0.15) is 0 Å². The predicted octanol–water partition coefficient (Wildman–Crippen LogP) is 2.00. The second-order valence-electron chi connectivity index (χ2n) is 3.68. The third-order valence-electron chi connectivity index (χ3n) is 2.37. The monoisotopic (exact) mass is 246 g/mol. The summed E-state index contributed by atoms with van der Waals surface area (Å²) in [6, 6.07) is 3.67. The normalized spacial score (nSPS) is 14.8. The molecule has 0 N–H and O–H groups in total. The summed E-state index contributed by atoms with van der Waals surface area (Å²) in [6.45, 7) is 2.59. The van der Waals surface area contributed by atoms with Crippen molar-refractivity contribution in [1.29, 1.82) is 0 Å². The minimum absolute atomic E-state index is 0.122. The van der Waals surface area contributed by atoms with Gasteiger partial charge in [0.1, 0.15) is 5.75 Å². The molecule has 5 heteroatoms. The summed E-state index contributed by atoms with van der Waals surface area (Å²) >= 11 is 0. The van der Waals surface area contributed by atoms with Gasteiger partial charge in [-0.25, -0.2) is 8.42 Å². The molecule has 0 saturated heterocycles. The second kappa shape index (κ2) is 3.68. The lowest BCUT2D eigenvalue weighted by Crippen LogP contribution is -1.96. The van der Waals surface area contributed by atoms with Crippen molar-refractivity contribution in [3.8, 4) is 5.75 Å². The Morgan fingerprint density at radius 1 is 1.47 bits per heavy atom. The van der Waals surface area contributed by atoms with E-state index in [4.69, 9.17) is 15.4 Å². The first kappa shape index (κ1) is 10.8. The molecule has 0 unspecified atom stereocenters. The maximum absolute atomic E-state index is 10.9. The minimum atomic E-state index is -3.48. The molecule has 82 valence electrons. The van der Waals surface area contributed by atoms with Crippen LogP contribution in [0.5, 0.6) is 5.75 Å². The van der Waals surface area contributed by atoms with Gasteiger partial charge < -0.3 is 4.74 Å². The van der Waals surface area contributed by atoms with Crippen molar-refractivity contribution in [2.45, 2.75) is 19.1 Å². The van der Waals surface area contributed by atoms with Gasteiger partial charge >= 0.3 is 0 Å². The van der Waals surface area contributed by atoms with E-state index >= 15 is 0 Å². The van der Waals surface area contributed by atoms with Crippen LogP contribution in [-0.2, 0) is 21.2 Å². The van der Waals surface area contributed by atoms with Crippen LogP contribution in [0.1, 0.15) is 16.7 Å². The van der Waals surface area contributed by atoms with Crippen molar-refractivity contribution in [3.63, 3.8) is 0 Å². The highest BCUT2D eigenvalue weighted by atomic mass is 35.7. The number of hydrogen-bond donors (Lipinski definition) is 0. The average Bonchev–Trinajstić information content (AvgIpc) is 2.48. The van der Waals surface area contributed by atoms with E-state index in [1.54, 1.807) is 0 Å². The Morgan fingerprint density at radius 2 is 2.20 bits per heavy atom. The summed E-state index contributed by atoms with van der Waals surface area (Å²) in [6.07, 6.45) is 0.840. The molecule has 1 aliphatic heterocycles. The summed E-state index contributed by atoms with van der Waals surface area (Å²) in [5.74, 6) is 0.772. The number of aryl methyl sites for hydroxylation is 1. The molecule has 2 rings (SSSR count). The first-order valence-corrected chi connectivity index (χ1v) is 7.11. The van der Waals surface area contributed by atoms with E-state index in [1.165, 1.54) is 0 Å². The highest BCUT2D eigenvalue weighted by molar-refractivity contribution is 8.13. The number of ether oxygens (including phenoxy) is 1. The SMILES string of the molecule is Cc1cc(CS(=O)(=O)Cl)cc2c1OCC2.